The summed E-state index contributed by atoms with van der Waals surface area (Å²) in [4.78, 5) is 26.5. The smallest absolute Gasteiger partial charge is 0.256 e. The fourth-order valence-electron chi connectivity index (χ4n) is 2.68. The van der Waals surface area contributed by atoms with Gasteiger partial charge in [0.1, 0.15) is 5.56 Å². The predicted molar refractivity (Wildman–Crippen MR) is 76.8 cm³/mol. The summed E-state index contributed by atoms with van der Waals surface area (Å²) in [6.07, 6.45) is 5.68. The molecule has 2 N–H and O–H groups in total. The Balaban J connectivity index is 1.73. The molecule has 1 aliphatic carbocycles. The van der Waals surface area contributed by atoms with Crippen molar-refractivity contribution in [1.29, 1.82) is 0 Å². The van der Waals surface area contributed by atoms with E-state index in [1.165, 1.54) is 29.6 Å². The van der Waals surface area contributed by atoms with Gasteiger partial charge in [-0.3, -0.25) is 9.59 Å². The maximum atomic E-state index is 12.1. The first-order chi connectivity index (χ1) is 9.74. The van der Waals surface area contributed by atoms with Gasteiger partial charge in [-0.2, -0.15) is 0 Å². The Hall–Kier alpha value is -2.36. The van der Waals surface area contributed by atoms with Crippen molar-refractivity contribution in [2.75, 3.05) is 0 Å². The number of nitrogens with one attached hydrogen (secondary N) is 2. The van der Waals surface area contributed by atoms with Crippen LogP contribution in [0, 0.1) is 0 Å². The Labute approximate surface area is 116 Å². The highest BCUT2D eigenvalue weighted by Gasteiger charge is 2.21. The molecule has 4 heteroatoms. The third-order valence-electron chi connectivity index (χ3n) is 3.75. The molecule has 1 aliphatic rings. The largest absolute Gasteiger partial charge is 0.367 e. The molecule has 1 aromatic carbocycles. The number of pyridine rings is 1. The van der Waals surface area contributed by atoms with Crippen molar-refractivity contribution in [2.24, 2.45) is 0 Å². The number of aryl methyl sites for hydroxylation is 1. The summed E-state index contributed by atoms with van der Waals surface area (Å²) >= 11 is 0. The summed E-state index contributed by atoms with van der Waals surface area (Å²) in [5.41, 5.74) is 2.56. The van der Waals surface area contributed by atoms with Crippen LogP contribution in [0.3, 0.4) is 0 Å². The molecule has 20 heavy (non-hydrogen) atoms. The average Bonchev–Trinajstić information content (AvgIpc) is 2.47. The van der Waals surface area contributed by atoms with Crippen molar-refractivity contribution in [3.05, 3.63) is 69.6 Å². The van der Waals surface area contributed by atoms with Crippen LogP contribution in [0.1, 0.15) is 27.9 Å². The van der Waals surface area contributed by atoms with Crippen LogP contribution in [0.5, 0.6) is 0 Å². The molecule has 4 nitrogen and oxygen atoms in total. The maximum Gasteiger partial charge on any atom is 0.256 e. The Bertz CT molecular complexity index is 691. The fourth-order valence-corrected chi connectivity index (χ4v) is 2.68. The van der Waals surface area contributed by atoms with Crippen LogP contribution in [0.15, 0.2) is 47.5 Å². The topological polar surface area (TPSA) is 62.0 Å². The lowest BCUT2D eigenvalue weighted by Gasteiger charge is -2.25. The van der Waals surface area contributed by atoms with Gasteiger partial charge in [0.05, 0.1) is 0 Å². The van der Waals surface area contributed by atoms with Gasteiger partial charge in [0.15, 0.2) is 5.43 Å². The van der Waals surface area contributed by atoms with E-state index in [1.54, 1.807) is 0 Å². The number of fused-ring (bicyclic) bond motifs is 1. The number of hydrogen-bond acceptors (Lipinski definition) is 2. The zero-order valence-electron chi connectivity index (χ0n) is 11.1. The van der Waals surface area contributed by atoms with E-state index in [1.807, 2.05) is 12.1 Å². The van der Waals surface area contributed by atoms with E-state index >= 15 is 0 Å². The van der Waals surface area contributed by atoms with E-state index in [4.69, 9.17) is 0 Å². The molecule has 0 saturated heterocycles. The quantitative estimate of drug-likeness (QED) is 0.870. The van der Waals surface area contributed by atoms with E-state index < -0.39 is 0 Å². The van der Waals surface area contributed by atoms with Crippen molar-refractivity contribution in [1.82, 2.24) is 10.3 Å². The van der Waals surface area contributed by atoms with E-state index in [9.17, 15) is 9.59 Å². The van der Waals surface area contributed by atoms with Gasteiger partial charge in [-0.15, -0.1) is 0 Å². The van der Waals surface area contributed by atoms with Crippen molar-refractivity contribution in [3.63, 3.8) is 0 Å². The molecular weight excluding hydrogens is 252 g/mol. The van der Waals surface area contributed by atoms with Crippen LogP contribution < -0.4 is 10.7 Å². The molecule has 102 valence electrons. The summed E-state index contributed by atoms with van der Waals surface area (Å²) in [5.74, 6) is -0.295. The number of amides is 1. The molecular formula is C16H16N2O2. The molecule has 2 aromatic rings. The number of H-pyrrole nitrogens is 1. The first kappa shape index (κ1) is 12.7. The third-order valence-corrected chi connectivity index (χ3v) is 3.75. The number of aromatic nitrogens is 1. The lowest BCUT2D eigenvalue weighted by atomic mass is 9.88. The van der Waals surface area contributed by atoms with E-state index in [2.05, 4.69) is 22.4 Å². The minimum atomic E-state index is -0.295. The molecule has 1 amide bonds. The van der Waals surface area contributed by atoms with E-state index in [0.717, 1.165) is 19.3 Å². The second kappa shape index (κ2) is 5.33. The van der Waals surface area contributed by atoms with Gasteiger partial charge in [-0.1, -0.05) is 24.3 Å². The summed E-state index contributed by atoms with van der Waals surface area (Å²) in [7, 11) is 0. The van der Waals surface area contributed by atoms with Crippen LogP contribution in [-0.4, -0.2) is 16.9 Å². The number of rotatable bonds is 2. The number of carbonyl (C=O) groups is 1. The van der Waals surface area contributed by atoms with E-state index in [-0.39, 0.29) is 22.9 Å². The second-order valence-corrected chi connectivity index (χ2v) is 5.10. The summed E-state index contributed by atoms with van der Waals surface area (Å²) in [5, 5.41) is 2.96. The van der Waals surface area contributed by atoms with Crippen LogP contribution in [0.2, 0.25) is 0 Å². The summed E-state index contributed by atoms with van der Waals surface area (Å²) in [6.45, 7) is 0. The first-order valence-corrected chi connectivity index (χ1v) is 6.79. The zero-order chi connectivity index (χ0) is 13.9. The van der Waals surface area contributed by atoms with Gasteiger partial charge >= 0.3 is 0 Å². The molecule has 0 saturated carbocycles. The molecule has 0 aliphatic heterocycles. The molecule has 0 spiro atoms. The monoisotopic (exact) mass is 268 g/mol. The van der Waals surface area contributed by atoms with Crippen LogP contribution in [0.4, 0.5) is 0 Å². The zero-order valence-corrected chi connectivity index (χ0v) is 11.1. The number of benzene rings is 1. The van der Waals surface area contributed by atoms with Gasteiger partial charge in [-0.25, -0.2) is 0 Å². The van der Waals surface area contributed by atoms with Crippen molar-refractivity contribution in [2.45, 2.75) is 25.3 Å². The highest BCUT2D eigenvalue weighted by atomic mass is 16.2. The minimum Gasteiger partial charge on any atom is -0.367 e. The first-order valence-electron chi connectivity index (χ1n) is 6.79. The Morgan fingerprint density at radius 1 is 1.20 bits per heavy atom. The molecule has 1 heterocycles. The van der Waals surface area contributed by atoms with Gasteiger partial charge in [0.25, 0.3) is 5.91 Å². The highest BCUT2D eigenvalue weighted by molar-refractivity contribution is 5.93. The predicted octanol–water partition coefficient (Wildman–Crippen LogP) is 1.66. The summed E-state index contributed by atoms with van der Waals surface area (Å²) < 4.78 is 0. The maximum absolute atomic E-state index is 12.1. The van der Waals surface area contributed by atoms with Gasteiger partial charge in [0.2, 0.25) is 0 Å². The molecule has 1 aromatic heterocycles. The van der Waals surface area contributed by atoms with Gasteiger partial charge < -0.3 is 10.3 Å². The normalized spacial score (nSPS) is 17.3. The standard InChI is InChI=1S/C16H16N2O2/c19-15-7-8-17-10-14(15)16(20)18-13-6-5-11-3-1-2-4-12(11)9-13/h1-4,7-8,10,13H,5-6,9H2,(H,17,19)(H,18,20). The lowest BCUT2D eigenvalue weighted by molar-refractivity contribution is 0.0932. The molecule has 1 atom stereocenters. The van der Waals surface area contributed by atoms with Crippen molar-refractivity contribution < 1.29 is 4.79 Å². The SMILES string of the molecule is O=C(NC1CCc2ccccc2C1)c1c[nH]ccc1=O. The van der Waals surface area contributed by atoms with E-state index in [0.29, 0.717) is 0 Å². The fraction of sp³-hybridized carbons (Fsp3) is 0.250. The second-order valence-electron chi connectivity index (χ2n) is 5.10. The van der Waals surface area contributed by atoms with Crippen LogP contribution in [0.25, 0.3) is 0 Å². The number of aromatic amines is 1. The Morgan fingerprint density at radius 3 is 2.80 bits per heavy atom. The minimum absolute atomic E-state index is 0.0945. The summed E-state index contributed by atoms with van der Waals surface area (Å²) in [6, 6.07) is 9.76. The molecule has 0 fully saturated rings. The average molecular weight is 268 g/mol. The molecule has 0 radical (unpaired) electrons. The van der Waals surface area contributed by atoms with Crippen LogP contribution >= 0.6 is 0 Å². The molecule has 0 bridgehead atoms. The number of hydrogen-bond donors (Lipinski definition) is 2. The van der Waals surface area contributed by atoms with Gasteiger partial charge in [0, 0.05) is 24.5 Å². The third kappa shape index (κ3) is 2.50. The number of carbonyl (C=O) groups excluding carboxylic acids is 1. The molecule has 3 rings (SSSR count). The van der Waals surface area contributed by atoms with Crippen molar-refractivity contribution >= 4 is 5.91 Å². The van der Waals surface area contributed by atoms with Gasteiger partial charge in [-0.05, 0) is 30.4 Å². The Kier molecular flexibility index (Phi) is 3.37. The molecule has 1 unspecified atom stereocenters. The lowest BCUT2D eigenvalue weighted by Crippen LogP contribution is -2.40. The highest BCUT2D eigenvalue weighted by Crippen LogP contribution is 2.21. The van der Waals surface area contributed by atoms with Crippen molar-refractivity contribution in [3.8, 4) is 0 Å². The van der Waals surface area contributed by atoms with Crippen LogP contribution in [-0.2, 0) is 12.8 Å². The Morgan fingerprint density at radius 2 is 2.00 bits per heavy atom.